The summed E-state index contributed by atoms with van der Waals surface area (Å²) in [6, 6.07) is 8.50. The van der Waals surface area contributed by atoms with E-state index in [9.17, 15) is 0 Å². The van der Waals surface area contributed by atoms with Crippen LogP contribution >= 0.6 is 24.0 Å². The molecule has 0 bridgehead atoms. The van der Waals surface area contributed by atoms with Crippen LogP contribution in [0.2, 0.25) is 0 Å². The highest BCUT2D eigenvalue weighted by Gasteiger charge is 2.11. The van der Waals surface area contributed by atoms with Gasteiger partial charge in [-0.15, -0.1) is 24.0 Å². The van der Waals surface area contributed by atoms with Crippen LogP contribution in [-0.2, 0) is 11.3 Å². The number of rotatable bonds is 3. The molecule has 0 spiro atoms. The van der Waals surface area contributed by atoms with Crippen LogP contribution in [0.25, 0.3) is 0 Å². The number of nitrogens with two attached hydrogens (primary N) is 1. The van der Waals surface area contributed by atoms with Crippen molar-refractivity contribution in [2.24, 2.45) is 10.7 Å². The summed E-state index contributed by atoms with van der Waals surface area (Å²) in [4.78, 5) is 6.71. The largest absolute Gasteiger partial charge is 0.378 e. The van der Waals surface area contributed by atoms with Crippen LogP contribution in [0.1, 0.15) is 26.3 Å². The molecule has 1 aliphatic heterocycles. The Kier molecular flexibility index (Phi) is 7.41. The molecule has 0 radical (unpaired) electrons. The standard InChI is InChI=1S/C16H26N4O.HI/c1-16(2,3)19-15(17)18-12-13-4-6-14(7-5-13)20-8-10-21-11-9-20;/h4-7H,8-12H2,1-3H3,(H3,17,18,19);1H. The third kappa shape index (κ3) is 6.39. The van der Waals surface area contributed by atoms with Gasteiger partial charge in [0.1, 0.15) is 0 Å². The molecule has 0 aromatic heterocycles. The number of benzene rings is 1. The molecule has 1 aromatic rings. The minimum atomic E-state index is -0.0617. The number of hydrogen-bond donors (Lipinski definition) is 2. The molecule has 0 atom stereocenters. The van der Waals surface area contributed by atoms with Crippen molar-refractivity contribution < 1.29 is 4.74 Å². The number of morpholine rings is 1. The summed E-state index contributed by atoms with van der Waals surface area (Å²) in [7, 11) is 0. The molecular weight excluding hydrogens is 391 g/mol. The molecule has 5 nitrogen and oxygen atoms in total. The highest BCUT2D eigenvalue weighted by atomic mass is 127. The summed E-state index contributed by atoms with van der Waals surface area (Å²) in [5.41, 5.74) is 8.21. The Morgan fingerprint density at radius 1 is 1.23 bits per heavy atom. The Hall–Kier alpha value is -1.02. The Balaban J connectivity index is 0.00000242. The Morgan fingerprint density at radius 2 is 1.82 bits per heavy atom. The van der Waals surface area contributed by atoms with Gasteiger partial charge in [0.15, 0.2) is 5.96 Å². The van der Waals surface area contributed by atoms with Crippen LogP contribution in [0, 0.1) is 0 Å². The van der Waals surface area contributed by atoms with Crippen molar-refractivity contribution in [2.45, 2.75) is 32.9 Å². The molecule has 124 valence electrons. The maximum absolute atomic E-state index is 5.87. The van der Waals surface area contributed by atoms with Crippen molar-refractivity contribution in [3.05, 3.63) is 29.8 Å². The first-order valence-corrected chi connectivity index (χ1v) is 7.44. The van der Waals surface area contributed by atoms with Gasteiger partial charge in [-0.2, -0.15) is 0 Å². The van der Waals surface area contributed by atoms with E-state index in [-0.39, 0.29) is 29.5 Å². The summed E-state index contributed by atoms with van der Waals surface area (Å²) in [6.07, 6.45) is 0. The topological polar surface area (TPSA) is 62.9 Å². The van der Waals surface area contributed by atoms with E-state index in [4.69, 9.17) is 10.5 Å². The first-order chi connectivity index (χ1) is 9.94. The Morgan fingerprint density at radius 3 is 2.36 bits per heavy atom. The van der Waals surface area contributed by atoms with Gasteiger partial charge in [-0.05, 0) is 38.5 Å². The lowest BCUT2D eigenvalue weighted by atomic mass is 10.1. The van der Waals surface area contributed by atoms with Crippen LogP contribution in [-0.4, -0.2) is 37.8 Å². The lowest BCUT2D eigenvalue weighted by molar-refractivity contribution is 0.122. The van der Waals surface area contributed by atoms with Gasteiger partial charge in [0.05, 0.1) is 19.8 Å². The van der Waals surface area contributed by atoms with Crippen molar-refractivity contribution >= 4 is 35.6 Å². The molecule has 6 heteroatoms. The third-order valence-corrected chi connectivity index (χ3v) is 3.25. The summed E-state index contributed by atoms with van der Waals surface area (Å²) < 4.78 is 5.37. The molecule has 0 saturated carbocycles. The number of guanidine groups is 1. The number of hydrogen-bond acceptors (Lipinski definition) is 3. The molecule has 1 aliphatic rings. The van der Waals surface area contributed by atoms with Gasteiger partial charge < -0.3 is 20.7 Å². The van der Waals surface area contributed by atoms with E-state index in [0.29, 0.717) is 12.5 Å². The van der Waals surface area contributed by atoms with Crippen LogP contribution in [0.15, 0.2) is 29.3 Å². The number of nitrogens with zero attached hydrogens (tertiary/aromatic N) is 2. The number of nitrogens with one attached hydrogen (secondary N) is 1. The fourth-order valence-corrected chi connectivity index (χ4v) is 2.23. The van der Waals surface area contributed by atoms with E-state index < -0.39 is 0 Å². The molecule has 0 unspecified atom stereocenters. The fraction of sp³-hybridized carbons (Fsp3) is 0.562. The molecule has 3 N–H and O–H groups in total. The lowest BCUT2D eigenvalue weighted by Crippen LogP contribution is -2.44. The third-order valence-electron chi connectivity index (χ3n) is 3.25. The Bertz CT molecular complexity index is 476. The summed E-state index contributed by atoms with van der Waals surface area (Å²) in [5, 5.41) is 3.16. The molecule has 1 heterocycles. The minimum Gasteiger partial charge on any atom is -0.378 e. The number of halogens is 1. The van der Waals surface area contributed by atoms with E-state index in [1.807, 2.05) is 0 Å². The molecule has 22 heavy (non-hydrogen) atoms. The van der Waals surface area contributed by atoms with Crippen molar-refractivity contribution in [1.29, 1.82) is 0 Å². The fourth-order valence-electron chi connectivity index (χ4n) is 2.23. The monoisotopic (exact) mass is 418 g/mol. The highest BCUT2D eigenvalue weighted by molar-refractivity contribution is 14.0. The molecule has 0 aliphatic carbocycles. The van der Waals surface area contributed by atoms with Gasteiger partial charge in [-0.25, -0.2) is 4.99 Å². The van der Waals surface area contributed by atoms with Gasteiger partial charge in [-0.3, -0.25) is 0 Å². The molecule has 1 fully saturated rings. The van der Waals surface area contributed by atoms with Gasteiger partial charge in [-0.1, -0.05) is 12.1 Å². The molecule has 1 aromatic carbocycles. The second-order valence-electron chi connectivity index (χ2n) is 6.34. The van der Waals surface area contributed by atoms with Gasteiger partial charge in [0.2, 0.25) is 0 Å². The maximum Gasteiger partial charge on any atom is 0.189 e. The van der Waals surface area contributed by atoms with E-state index >= 15 is 0 Å². The number of anilines is 1. The number of aliphatic imine (C=N–C) groups is 1. The zero-order chi connectivity index (χ0) is 15.3. The zero-order valence-corrected chi connectivity index (χ0v) is 16.0. The van der Waals surface area contributed by atoms with Gasteiger partial charge in [0.25, 0.3) is 0 Å². The second-order valence-corrected chi connectivity index (χ2v) is 6.34. The van der Waals surface area contributed by atoms with Crippen LogP contribution in [0.5, 0.6) is 0 Å². The molecule has 1 saturated heterocycles. The van der Waals surface area contributed by atoms with Gasteiger partial charge >= 0.3 is 0 Å². The molecule has 0 amide bonds. The van der Waals surface area contributed by atoms with Crippen LogP contribution in [0.4, 0.5) is 5.69 Å². The first-order valence-electron chi connectivity index (χ1n) is 7.44. The van der Waals surface area contributed by atoms with Crippen molar-refractivity contribution in [3.8, 4) is 0 Å². The summed E-state index contributed by atoms with van der Waals surface area (Å²) >= 11 is 0. The van der Waals surface area contributed by atoms with E-state index in [1.165, 1.54) is 5.69 Å². The van der Waals surface area contributed by atoms with E-state index in [0.717, 1.165) is 31.9 Å². The molecular formula is C16H27IN4O. The summed E-state index contributed by atoms with van der Waals surface area (Å²) in [5.74, 6) is 0.486. The predicted octanol–water partition coefficient (Wildman–Crippen LogP) is 2.34. The van der Waals surface area contributed by atoms with Crippen molar-refractivity contribution in [3.63, 3.8) is 0 Å². The SMILES string of the molecule is CC(C)(C)NC(N)=NCc1ccc(N2CCOCC2)cc1.I. The Labute approximate surface area is 150 Å². The summed E-state index contributed by atoms with van der Waals surface area (Å²) in [6.45, 7) is 10.3. The normalized spacial score (nSPS) is 16.1. The maximum atomic E-state index is 5.87. The van der Waals surface area contributed by atoms with Crippen molar-refractivity contribution in [1.82, 2.24) is 5.32 Å². The second kappa shape index (κ2) is 8.57. The average molecular weight is 418 g/mol. The minimum absolute atomic E-state index is 0. The average Bonchev–Trinajstić information content (AvgIpc) is 2.45. The van der Waals surface area contributed by atoms with Crippen LogP contribution in [0.3, 0.4) is 0 Å². The quantitative estimate of drug-likeness (QED) is 0.450. The smallest absolute Gasteiger partial charge is 0.189 e. The lowest BCUT2D eigenvalue weighted by Gasteiger charge is -2.28. The number of ether oxygens (including phenoxy) is 1. The molecule has 2 rings (SSSR count). The highest BCUT2D eigenvalue weighted by Crippen LogP contribution is 2.17. The zero-order valence-electron chi connectivity index (χ0n) is 13.6. The van der Waals surface area contributed by atoms with E-state index in [1.54, 1.807) is 0 Å². The van der Waals surface area contributed by atoms with Crippen LogP contribution < -0.4 is 16.0 Å². The van der Waals surface area contributed by atoms with E-state index in [2.05, 4.69) is 60.2 Å². The van der Waals surface area contributed by atoms with Crippen molar-refractivity contribution in [2.75, 3.05) is 31.2 Å². The first kappa shape index (κ1) is 19.0. The van der Waals surface area contributed by atoms with Gasteiger partial charge in [0, 0.05) is 24.3 Å². The predicted molar refractivity (Wildman–Crippen MR) is 103 cm³/mol.